The predicted octanol–water partition coefficient (Wildman–Crippen LogP) is 1.93. The molecule has 0 unspecified atom stereocenters. The van der Waals surface area contributed by atoms with Gasteiger partial charge < -0.3 is 14.9 Å². The molecule has 2 amide bonds. The van der Waals surface area contributed by atoms with Crippen LogP contribution < -0.4 is 0 Å². The van der Waals surface area contributed by atoms with Gasteiger partial charge in [-0.3, -0.25) is 14.6 Å². The number of nitrogens with zero attached hydrogens (tertiary/aromatic N) is 3. The molecule has 2 aliphatic heterocycles. The monoisotopic (exact) mass is 413 g/mol. The van der Waals surface area contributed by atoms with Crippen LogP contribution in [-0.2, 0) is 20.9 Å². The lowest BCUT2D eigenvalue weighted by Gasteiger charge is -2.30. The van der Waals surface area contributed by atoms with Crippen molar-refractivity contribution in [2.45, 2.75) is 32.0 Å². The first-order valence-electron chi connectivity index (χ1n) is 9.43. The molecule has 1 aromatic heterocycles. The molecule has 4 rings (SSSR count). The van der Waals surface area contributed by atoms with Crippen LogP contribution in [0.5, 0.6) is 0 Å². The van der Waals surface area contributed by atoms with E-state index in [1.807, 2.05) is 28.1 Å². The maximum atomic E-state index is 12.6. The molecule has 1 aromatic rings. The van der Waals surface area contributed by atoms with Crippen LogP contribution in [0.3, 0.4) is 0 Å². The summed E-state index contributed by atoms with van der Waals surface area (Å²) >= 11 is 0. The maximum Gasteiger partial charge on any atom is 0.490 e. The minimum absolute atomic E-state index is 0.0145. The van der Waals surface area contributed by atoms with Crippen LogP contribution in [0.25, 0.3) is 0 Å². The second kappa shape index (κ2) is 8.38. The topological polar surface area (TPSA) is 90.8 Å². The molecule has 0 spiro atoms. The zero-order valence-corrected chi connectivity index (χ0v) is 15.6. The summed E-state index contributed by atoms with van der Waals surface area (Å²) in [7, 11) is 0. The highest BCUT2D eigenvalue weighted by atomic mass is 19.4. The summed E-state index contributed by atoms with van der Waals surface area (Å²) in [6, 6.07) is 3.90. The number of rotatable bonds is 3. The number of fused-ring (bicyclic) bond motifs is 1. The second-order valence-electron chi connectivity index (χ2n) is 7.62. The van der Waals surface area contributed by atoms with Gasteiger partial charge in [-0.25, -0.2) is 4.79 Å². The number of alkyl halides is 3. The molecule has 29 heavy (non-hydrogen) atoms. The van der Waals surface area contributed by atoms with Gasteiger partial charge >= 0.3 is 12.1 Å². The van der Waals surface area contributed by atoms with Gasteiger partial charge in [0.1, 0.15) is 0 Å². The smallest absolute Gasteiger partial charge is 0.475 e. The lowest BCUT2D eigenvalue weighted by molar-refractivity contribution is -0.192. The standard InChI is InChI=1S/C17H21N3O2.C2HF3O2/c21-16(13-4-1-5-13)20-10-14-9-19(17(22)15(14)11-20)8-12-3-2-6-18-7-12;3-2(4,5)1(6)7/h2-3,6-7,13-15H,1,4-5,8-11H2;(H,6,7)/t14-,15+;/m1./s1. The van der Waals surface area contributed by atoms with E-state index >= 15 is 0 Å². The Labute approximate surface area is 165 Å². The van der Waals surface area contributed by atoms with Crippen LogP contribution in [0.1, 0.15) is 24.8 Å². The van der Waals surface area contributed by atoms with Crippen LogP contribution >= 0.6 is 0 Å². The molecule has 1 aliphatic carbocycles. The number of pyridine rings is 1. The molecule has 158 valence electrons. The first-order chi connectivity index (χ1) is 13.7. The molecule has 0 bridgehead atoms. The SMILES string of the molecule is O=C(C1CCC1)N1C[C@H]2CN(Cc3cccnc3)C(=O)[C@H]2C1.O=C(O)C(F)(F)F. The number of aliphatic carboxylic acids is 1. The van der Waals surface area contributed by atoms with E-state index in [0.717, 1.165) is 31.5 Å². The van der Waals surface area contributed by atoms with E-state index in [-0.39, 0.29) is 23.7 Å². The Morgan fingerprint density at radius 3 is 2.38 bits per heavy atom. The predicted molar refractivity (Wildman–Crippen MR) is 94.2 cm³/mol. The van der Waals surface area contributed by atoms with E-state index in [0.29, 0.717) is 19.0 Å². The van der Waals surface area contributed by atoms with Crippen molar-refractivity contribution >= 4 is 17.8 Å². The molecule has 0 radical (unpaired) electrons. The van der Waals surface area contributed by atoms with Gasteiger partial charge in [0, 0.05) is 50.4 Å². The van der Waals surface area contributed by atoms with E-state index in [4.69, 9.17) is 9.90 Å². The number of carboxylic acids is 1. The Bertz CT molecular complexity index is 768. The Balaban J connectivity index is 0.000000298. The van der Waals surface area contributed by atoms with Crippen LogP contribution in [0.15, 0.2) is 24.5 Å². The highest BCUT2D eigenvalue weighted by molar-refractivity contribution is 5.85. The summed E-state index contributed by atoms with van der Waals surface area (Å²) in [5, 5.41) is 7.12. The van der Waals surface area contributed by atoms with Gasteiger partial charge in [0.15, 0.2) is 0 Å². The van der Waals surface area contributed by atoms with E-state index in [9.17, 15) is 22.8 Å². The fourth-order valence-electron chi connectivity index (χ4n) is 3.89. The number of carbonyl (C=O) groups is 3. The van der Waals surface area contributed by atoms with Crippen molar-refractivity contribution in [3.63, 3.8) is 0 Å². The summed E-state index contributed by atoms with van der Waals surface area (Å²) < 4.78 is 31.7. The highest BCUT2D eigenvalue weighted by Gasteiger charge is 2.48. The van der Waals surface area contributed by atoms with Crippen molar-refractivity contribution in [3.8, 4) is 0 Å². The average molecular weight is 413 g/mol. The Morgan fingerprint density at radius 1 is 1.21 bits per heavy atom. The van der Waals surface area contributed by atoms with Crippen LogP contribution in [-0.4, -0.2) is 63.5 Å². The molecule has 3 aliphatic rings. The second-order valence-corrected chi connectivity index (χ2v) is 7.62. The Hall–Kier alpha value is -2.65. The summed E-state index contributed by atoms with van der Waals surface area (Å²) in [6.45, 7) is 2.79. The zero-order chi connectivity index (χ0) is 21.2. The lowest BCUT2D eigenvalue weighted by atomic mass is 9.84. The van der Waals surface area contributed by atoms with Gasteiger partial charge in [-0.1, -0.05) is 12.5 Å². The number of aromatic nitrogens is 1. The number of carbonyl (C=O) groups excluding carboxylic acids is 2. The highest BCUT2D eigenvalue weighted by Crippen LogP contribution is 2.36. The zero-order valence-electron chi connectivity index (χ0n) is 15.6. The number of hydrogen-bond acceptors (Lipinski definition) is 4. The van der Waals surface area contributed by atoms with Crippen molar-refractivity contribution in [3.05, 3.63) is 30.1 Å². The van der Waals surface area contributed by atoms with Crippen molar-refractivity contribution in [2.24, 2.45) is 17.8 Å². The lowest BCUT2D eigenvalue weighted by Crippen LogP contribution is -2.40. The fourth-order valence-corrected chi connectivity index (χ4v) is 3.89. The van der Waals surface area contributed by atoms with Crippen LogP contribution in [0.2, 0.25) is 0 Å². The molecule has 0 aromatic carbocycles. The minimum Gasteiger partial charge on any atom is -0.475 e. The molecule has 1 saturated carbocycles. The summed E-state index contributed by atoms with van der Waals surface area (Å²) in [6.07, 6.45) is 1.72. The van der Waals surface area contributed by atoms with Gasteiger partial charge in [0.05, 0.1) is 5.92 Å². The van der Waals surface area contributed by atoms with E-state index in [2.05, 4.69) is 4.98 Å². The van der Waals surface area contributed by atoms with Crippen molar-refractivity contribution in [1.82, 2.24) is 14.8 Å². The van der Waals surface area contributed by atoms with Crippen LogP contribution in [0.4, 0.5) is 13.2 Å². The molecule has 2 saturated heterocycles. The fraction of sp³-hybridized carbons (Fsp3) is 0.579. The third-order valence-corrected chi connectivity index (χ3v) is 5.63. The van der Waals surface area contributed by atoms with Crippen molar-refractivity contribution < 1.29 is 32.7 Å². The Kier molecular flexibility index (Phi) is 6.09. The quantitative estimate of drug-likeness (QED) is 0.818. The van der Waals surface area contributed by atoms with Gasteiger partial charge in [0.25, 0.3) is 0 Å². The molecule has 10 heteroatoms. The first-order valence-corrected chi connectivity index (χ1v) is 9.43. The molecule has 2 atom stereocenters. The summed E-state index contributed by atoms with van der Waals surface area (Å²) in [5.74, 6) is -1.70. The normalized spacial score (nSPS) is 23.9. The Morgan fingerprint density at radius 2 is 1.90 bits per heavy atom. The number of hydrogen-bond donors (Lipinski definition) is 1. The largest absolute Gasteiger partial charge is 0.490 e. The first kappa shape index (κ1) is 21.1. The van der Waals surface area contributed by atoms with Gasteiger partial charge in [0.2, 0.25) is 11.8 Å². The van der Waals surface area contributed by atoms with E-state index in [1.54, 1.807) is 6.20 Å². The maximum absolute atomic E-state index is 12.6. The molecule has 3 fully saturated rings. The summed E-state index contributed by atoms with van der Waals surface area (Å²) in [5.41, 5.74) is 1.07. The third kappa shape index (κ3) is 4.86. The van der Waals surface area contributed by atoms with E-state index in [1.165, 1.54) is 6.42 Å². The number of halogens is 3. The molecular formula is C19H22F3N3O4. The minimum atomic E-state index is -5.08. The molecular weight excluding hydrogens is 391 g/mol. The average Bonchev–Trinajstić information content (AvgIpc) is 3.14. The third-order valence-electron chi connectivity index (χ3n) is 5.63. The number of amides is 2. The van der Waals surface area contributed by atoms with Crippen molar-refractivity contribution in [1.29, 1.82) is 0 Å². The van der Waals surface area contributed by atoms with Crippen LogP contribution in [0, 0.1) is 17.8 Å². The molecule has 7 nitrogen and oxygen atoms in total. The van der Waals surface area contributed by atoms with Gasteiger partial charge in [-0.05, 0) is 24.5 Å². The number of likely N-dealkylation sites (tertiary alicyclic amines) is 2. The molecule has 1 N–H and O–H groups in total. The van der Waals surface area contributed by atoms with E-state index < -0.39 is 12.1 Å². The molecule has 3 heterocycles. The summed E-state index contributed by atoms with van der Waals surface area (Å²) in [4.78, 5) is 41.8. The van der Waals surface area contributed by atoms with Gasteiger partial charge in [-0.2, -0.15) is 13.2 Å². The van der Waals surface area contributed by atoms with Crippen molar-refractivity contribution in [2.75, 3.05) is 19.6 Å². The van der Waals surface area contributed by atoms with Gasteiger partial charge in [-0.15, -0.1) is 0 Å². The number of carboxylic acid groups (broad SMARTS) is 1.